The van der Waals surface area contributed by atoms with Crippen LogP contribution >= 0.6 is 0 Å². The van der Waals surface area contributed by atoms with Crippen molar-refractivity contribution in [2.24, 2.45) is 5.92 Å². The SMILES string of the molecule is O=C1CCC(N2Cc3cc(C(=O)NCC4CCN(c5ccnc(-c6cccc7ccccc67)c5)CC4)ccc3C2=O)C(=O)N1. The quantitative estimate of drug-likeness (QED) is 0.325. The van der Waals surface area contributed by atoms with E-state index >= 15 is 0 Å². The average Bonchev–Trinajstić information content (AvgIpc) is 3.38. The predicted octanol–water partition coefficient (Wildman–Crippen LogP) is 4.31. The monoisotopic (exact) mass is 587 g/mol. The smallest absolute Gasteiger partial charge is 0.255 e. The molecule has 4 heterocycles. The molecule has 3 aromatic carbocycles. The van der Waals surface area contributed by atoms with Gasteiger partial charge in [0.25, 0.3) is 11.8 Å². The van der Waals surface area contributed by atoms with E-state index in [4.69, 9.17) is 0 Å². The van der Waals surface area contributed by atoms with Gasteiger partial charge in [0.05, 0.1) is 5.69 Å². The van der Waals surface area contributed by atoms with Gasteiger partial charge in [0.1, 0.15) is 6.04 Å². The summed E-state index contributed by atoms with van der Waals surface area (Å²) in [6.45, 7) is 2.63. The van der Waals surface area contributed by atoms with Gasteiger partial charge in [0.2, 0.25) is 11.8 Å². The molecule has 0 spiro atoms. The van der Waals surface area contributed by atoms with Crippen LogP contribution in [0, 0.1) is 5.92 Å². The van der Waals surface area contributed by atoms with E-state index in [-0.39, 0.29) is 30.7 Å². The molecule has 0 aliphatic carbocycles. The Balaban J connectivity index is 0.945. The minimum absolute atomic E-state index is 0.170. The van der Waals surface area contributed by atoms with Gasteiger partial charge in [-0.15, -0.1) is 0 Å². The standard InChI is InChI=1S/C35H33N5O4/c41-32-11-10-31(34(43)38-32)40-21-25-18-24(8-9-28(25)35(40)44)33(42)37-20-22-13-16-39(17-14-22)26-12-15-36-30(19-26)29-7-3-5-23-4-1-2-6-27(23)29/h1-9,12,15,18-19,22,31H,10-11,13-14,16-17,20-21H2,(H,37,42)(H,38,41,43). The zero-order chi connectivity index (χ0) is 30.2. The number of nitrogens with zero attached hydrogens (tertiary/aromatic N) is 3. The topological polar surface area (TPSA) is 112 Å². The van der Waals surface area contributed by atoms with Crippen LogP contribution in [0.1, 0.15) is 52.0 Å². The highest BCUT2D eigenvalue weighted by Crippen LogP contribution is 2.31. The Morgan fingerprint density at radius 1 is 0.909 bits per heavy atom. The lowest BCUT2D eigenvalue weighted by atomic mass is 9.96. The fourth-order valence-corrected chi connectivity index (χ4v) is 6.66. The van der Waals surface area contributed by atoms with Gasteiger partial charge in [-0.1, -0.05) is 42.5 Å². The molecule has 1 aromatic heterocycles. The number of carbonyl (C=O) groups excluding carboxylic acids is 4. The van der Waals surface area contributed by atoms with Gasteiger partial charge in [-0.3, -0.25) is 29.5 Å². The molecule has 1 unspecified atom stereocenters. The minimum Gasteiger partial charge on any atom is -0.371 e. The Bertz CT molecular complexity index is 1790. The number of benzene rings is 3. The van der Waals surface area contributed by atoms with Gasteiger partial charge < -0.3 is 15.1 Å². The first kappa shape index (κ1) is 27.8. The van der Waals surface area contributed by atoms with Gasteiger partial charge in [-0.25, -0.2) is 0 Å². The van der Waals surface area contributed by atoms with Gasteiger partial charge in [0.15, 0.2) is 0 Å². The van der Waals surface area contributed by atoms with Crippen LogP contribution < -0.4 is 15.5 Å². The number of amides is 4. The number of nitrogens with one attached hydrogen (secondary N) is 2. The van der Waals surface area contributed by atoms with Crippen LogP contribution in [0.2, 0.25) is 0 Å². The van der Waals surface area contributed by atoms with E-state index in [2.05, 4.69) is 75.1 Å². The first-order chi connectivity index (χ1) is 21.4. The molecule has 2 saturated heterocycles. The number of aromatic nitrogens is 1. The highest BCUT2D eigenvalue weighted by atomic mass is 16.2. The Hall–Kier alpha value is -5.05. The van der Waals surface area contributed by atoms with E-state index in [1.165, 1.54) is 15.7 Å². The third kappa shape index (κ3) is 5.30. The third-order valence-electron chi connectivity index (χ3n) is 9.13. The minimum atomic E-state index is -0.673. The molecule has 222 valence electrons. The lowest BCUT2D eigenvalue weighted by Gasteiger charge is -2.33. The summed E-state index contributed by atoms with van der Waals surface area (Å²) in [6.07, 6.45) is 4.32. The Morgan fingerprint density at radius 3 is 2.57 bits per heavy atom. The van der Waals surface area contributed by atoms with E-state index in [0.29, 0.717) is 30.0 Å². The van der Waals surface area contributed by atoms with Crippen LogP contribution in [0.15, 0.2) is 79.0 Å². The first-order valence-corrected chi connectivity index (χ1v) is 15.2. The summed E-state index contributed by atoms with van der Waals surface area (Å²) in [5, 5.41) is 7.80. The van der Waals surface area contributed by atoms with Gasteiger partial charge in [-0.2, -0.15) is 0 Å². The van der Waals surface area contributed by atoms with Crippen LogP contribution in [0.3, 0.4) is 0 Å². The molecule has 0 radical (unpaired) electrons. The molecule has 3 aliphatic rings. The zero-order valence-corrected chi connectivity index (χ0v) is 24.3. The number of imide groups is 1. The highest BCUT2D eigenvalue weighted by Gasteiger charge is 2.39. The van der Waals surface area contributed by atoms with Crippen molar-refractivity contribution in [2.45, 2.75) is 38.3 Å². The van der Waals surface area contributed by atoms with Gasteiger partial charge in [-0.05, 0) is 71.8 Å². The Labute approximate surface area is 255 Å². The second kappa shape index (κ2) is 11.6. The van der Waals surface area contributed by atoms with Crippen molar-refractivity contribution < 1.29 is 19.2 Å². The van der Waals surface area contributed by atoms with E-state index in [9.17, 15) is 19.2 Å². The number of hydrogen-bond acceptors (Lipinski definition) is 6. The maximum atomic E-state index is 13.1. The number of hydrogen-bond donors (Lipinski definition) is 2. The van der Waals surface area contributed by atoms with E-state index < -0.39 is 11.9 Å². The van der Waals surface area contributed by atoms with Crippen molar-refractivity contribution in [3.63, 3.8) is 0 Å². The molecule has 9 heteroatoms. The summed E-state index contributed by atoms with van der Waals surface area (Å²) in [5.41, 5.74) is 4.97. The van der Waals surface area contributed by atoms with Crippen LogP contribution in [0.25, 0.3) is 22.0 Å². The largest absolute Gasteiger partial charge is 0.371 e. The fraction of sp³-hybridized carbons (Fsp3) is 0.286. The molecule has 9 nitrogen and oxygen atoms in total. The van der Waals surface area contributed by atoms with Gasteiger partial charge in [0, 0.05) is 61.2 Å². The second-order valence-electron chi connectivity index (χ2n) is 11.8. The number of anilines is 1. The van der Waals surface area contributed by atoms with Crippen molar-refractivity contribution in [1.82, 2.24) is 20.5 Å². The molecular formula is C35H33N5O4. The van der Waals surface area contributed by atoms with Crippen LogP contribution in [0.4, 0.5) is 5.69 Å². The van der Waals surface area contributed by atoms with Crippen LogP contribution in [0.5, 0.6) is 0 Å². The number of fused-ring (bicyclic) bond motifs is 2. The number of pyridine rings is 1. The molecule has 3 aliphatic heterocycles. The molecule has 2 N–H and O–H groups in total. The van der Waals surface area contributed by atoms with E-state index in [0.717, 1.165) is 48.4 Å². The number of piperidine rings is 2. The maximum Gasteiger partial charge on any atom is 0.255 e. The zero-order valence-electron chi connectivity index (χ0n) is 24.3. The molecular weight excluding hydrogens is 554 g/mol. The van der Waals surface area contributed by atoms with Crippen molar-refractivity contribution in [2.75, 3.05) is 24.5 Å². The number of rotatable bonds is 6. The average molecular weight is 588 g/mol. The summed E-state index contributed by atoms with van der Waals surface area (Å²) in [5.74, 6) is -0.805. The third-order valence-corrected chi connectivity index (χ3v) is 9.13. The molecule has 44 heavy (non-hydrogen) atoms. The van der Waals surface area contributed by atoms with Crippen molar-refractivity contribution in [1.29, 1.82) is 0 Å². The van der Waals surface area contributed by atoms with Crippen molar-refractivity contribution in [3.05, 3.63) is 95.7 Å². The molecule has 4 aromatic rings. The Kier molecular flexibility index (Phi) is 7.29. The summed E-state index contributed by atoms with van der Waals surface area (Å²) in [7, 11) is 0. The molecule has 7 rings (SSSR count). The summed E-state index contributed by atoms with van der Waals surface area (Å²) in [6, 6.07) is 23.3. The van der Waals surface area contributed by atoms with Crippen molar-refractivity contribution in [3.8, 4) is 11.3 Å². The second-order valence-corrected chi connectivity index (χ2v) is 11.8. The summed E-state index contributed by atoms with van der Waals surface area (Å²) in [4.78, 5) is 58.4. The summed E-state index contributed by atoms with van der Waals surface area (Å²) >= 11 is 0. The summed E-state index contributed by atoms with van der Waals surface area (Å²) < 4.78 is 0. The normalized spacial score (nSPS) is 18.8. The van der Waals surface area contributed by atoms with E-state index in [1.807, 2.05) is 6.20 Å². The molecule has 2 fully saturated rings. The van der Waals surface area contributed by atoms with Crippen LogP contribution in [-0.2, 0) is 16.1 Å². The fourth-order valence-electron chi connectivity index (χ4n) is 6.66. The van der Waals surface area contributed by atoms with E-state index in [1.54, 1.807) is 18.2 Å². The molecule has 0 bridgehead atoms. The number of carbonyl (C=O) groups is 4. The molecule has 1 atom stereocenters. The Morgan fingerprint density at radius 2 is 1.73 bits per heavy atom. The lowest BCUT2D eigenvalue weighted by Crippen LogP contribution is -2.52. The van der Waals surface area contributed by atoms with Crippen LogP contribution in [-0.4, -0.2) is 59.2 Å². The predicted molar refractivity (Wildman–Crippen MR) is 167 cm³/mol. The van der Waals surface area contributed by atoms with Crippen molar-refractivity contribution >= 4 is 40.1 Å². The highest BCUT2D eigenvalue weighted by molar-refractivity contribution is 6.06. The first-order valence-electron chi connectivity index (χ1n) is 15.2. The molecule has 4 amide bonds. The lowest BCUT2D eigenvalue weighted by molar-refractivity contribution is -0.136. The maximum absolute atomic E-state index is 13.1. The molecule has 0 saturated carbocycles. The van der Waals surface area contributed by atoms with Gasteiger partial charge >= 0.3 is 0 Å².